The fraction of sp³-hybridized carbons (Fsp3) is 1.00. The highest BCUT2D eigenvalue weighted by Crippen LogP contribution is 2.29. The maximum atomic E-state index is 10.3. The van der Waals surface area contributed by atoms with Crippen molar-refractivity contribution in [3.63, 3.8) is 0 Å². The van der Waals surface area contributed by atoms with E-state index in [1.165, 1.54) is 0 Å². The van der Waals surface area contributed by atoms with Crippen molar-refractivity contribution < 1.29 is 5.11 Å². The molecule has 3 heteroatoms. The van der Waals surface area contributed by atoms with E-state index in [0.717, 1.165) is 38.8 Å². The minimum atomic E-state index is -0.490. The molecule has 0 bridgehead atoms. The van der Waals surface area contributed by atoms with E-state index in [2.05, 4.69) is 12.2 Å². The van der Waals surface area contributed by atoms with Gasteiger partial charge in [-0.25, -0.2) is 0 Å². The number of nitrogens with one attached hydrogen (secondary N) is 1. The molecule has 0 aromatic rings. The van der Waals surface area contributed by atoms with E-state index in [-0.39, 0.29) is 0 Å². The molecule has 1 fully saturated rings. The number of nitrogens with two attached hydrogens (primary N) is 1. The molecule has 0 aromatic carbocycles. The van der Waals surface area contributed by atoms with E-state index in [1.54, 1.807) is 0 Å². The van der Waals surface area contributed by atoms with Gasteiger partial charge in [-0.2, -0.15) is 0 Å². The topological polar surface area (TPSA) is 58.3 Å². The maximum Gasteiger partial charge on any atom is 0.0712 e. The first-order valence-electron chi connectivity index (χ1n) is 5.36. The third-order valence-electron chi connectivity index (χ3n) is 3.15. The van der Waals surface area contributed by atoms with Crippen LogP contribution in [0.1, 0.15) is 32.6 Å². The van der Waals surface area contributed by atoms with Crippen LogP contribution in [0.2, 0.25) is 0 Å². The van der Waals surface area contributed by atoms with E-state index >= 15 is 0 Å². The number of hydrogen-bond acceptors (Lipinski definition) is 3. The van der Waals surface area contributed by atoms with Crippen LogP contribution in [-0.4, -0.2) is 30.3 Å². The Hall–Kier alpha value is -0.120. The Balaban J connectivity index is 2.52. The second-order valence-electron chi connectivity index (χ2n) is 4.07. The van der Waals surface area contributed by atoms with Crippen LogP contribution in [0, 0.1) is 5.92 Å². The van der Waals surface area contributed by atoms with Crippen LogP contribution in [0.5, 0.6) is 0 Å². The van der Waals surface area contributed by atoms with Gasteiger partial charge in [-0.15, -0.1) is 0 Å². The smallest absolute Gasteiger partial charge is 0.0712 e. The lowest BCUT2D eigenvalue weighted by Gasteiger charge is -2.39. The average Bonchev–Trinajstić information content (AvgIpc) is 2.15. The van der Waals surface area contributed by atoms with Crippen LogP contribution in [0.25, 0.3) is 0 Å². The zero-order valence-corrected chi connectivity index (χ0v) is 8.55. The van der Waals surface area contributed by atoms with Gasteiger partial charge in [0.15, 0.2) is 0 Å². The molecule has 0 radical (unpaired) electrons. The van der Waals surface area contributed by atoms with E-state index < -0.39 is 5.60 Å². The fourth-order valence-corrected chi connectivity index (χ4v) is 2.22. The summed E-state index contributed by atoms with van der Waals surface area (Å²) in [6, 6.07) is 0. The zero-order chi connectivity index (χ0) is 9.73. The fourth-order valence-electron chi connectivity index (χ4n) is 2.22. The summed E-state index contributed by atoms with van der Waals surface area (Å²) in [5.41, 5.74) is 5.20. The van der Waals surface area contributed by atoms with Gasteiger partial charge in [-0.3, -0.25) is 0 Å². The van der Waals surface area contributed by atoms with Crippen molar-refractivity contribution in [1.82, 2.24) is 5.32 Å². The molecule has 1 rings (SSSR count). The summed E-state index contributed by atoms with van der Waals surface area (Å²) in [6.45, 7) is 4.62. The molecule has 0 aromatic heterocycles. The summed E-state index contributed by atoms with van der Waals surface area (Å²) in [7, 11) is 0. The Labute approximate surface area is 80.7 Å². The SMILES string of the molecule is CCCC(CN)C1(O)CCNCC1. The maximum absolute atomic E-state index is 10.3. The normalized spacial score (nSPS) is 24.2. The molecule has 0 spiro atoms. The molecule has 1 aliphatic rings. The van der Waals surface area contributed by atoms with Gasteiger partial charge in [-0.1, -0.05) is 13.3 Å². The van der Waals surface area contributed by atoms with Crippen LogP contribution in [-0.2, 0) is 0 Å². The first-order chi connectivity index (χ1) is 6.23. The Kier molecular flexibility index (Phi) is 4.16. The lowest BCUT2D eigenvalue weighted by atomic mass is 9.78. The molecule has 0 saturated carbocycles. The van der Waals surface area contributed by atoms with Crippen molar-refractivity contribution in [1.29, 1.82) is 0 Å². The Bertz CT molecular complexity index is 144. The predicted octanol–water partition coefficient (Wildman–Crippen LogP) is 0.476. The largest absolute Gasteiger partial charge is 0.389 e. The van der Waals surface area contributed by atoms with E-state index in [0.29, 0.717) is 12.5 Å². The molecule has 78 valence electrons. The second-order valence-corrected chi connectivity index (χ2v) is 4.07. The highest BCUT2D eigenvalue weighted by Gasteiger charge is 2.36. The van der Waals surface area contributed by atoms with E-state index in [1.807, 2.05) is 0 Å². The lowest BCUT2D eigenvalue weighted by molar-refractivity contribution is -0.0436. The van der Waals surface area contributed by atoms with Crippen molar-refractivity contribution in [2.75, 3.05) is 19.6 Å². The molecule has 4 N–H and O–H groups in total. The van der Waals surface area contributed by atoms with Gasteiger partial charge in [0, 0.05) is 0 Å². The molecule has 1 atom stereocenters. The number of aliphatic hydroxyl groups is 1. The van der Waals surface area contributed by atoms with Crippen LogP contribution in [0.3, 0.4) is 0 Å². The van der Waals surface area contributed by atoms with Crippen molar-refractivity contribution >= 4 is 0 Å². The monoisotopic (exact) mass is 186 g/mol. The predicted molar refractivity (Wildman–Crippen MR) is 54.5 cm³/mol. The standard InChI is InChI=1S/C10H22N2O/c1-2-3-9(8-11)10(13)4-6-12-7-5-10/h9,12-13H,2-8,11H2,1H3. The third kappa shape index (κ3) is 2.66. The van der Waals surface area contributed by atoms with Gasteiger partial charge in [0.1, 0.15) is 0 Å². The number of rotatable bonds is 4. The zero-order valence-electron chi connectivity index (χ0n) is 8.55. The second kappa shape index (κ2) is 4.94. The first kappa shape index (κ1) is 11.0. The molecule has 0 amide bonds. The van der Waals surface area contributed by atoms with Crippen LogP contribution in [0.15, 0.2) is 0 Å². The number of piperidine rings is 1. The van der Waals surface area contributed by atoms with E-state index in [4.69, 9.17) is 5.73 Å². The molecular weight excluding hydrogens is 164 g/mol. The Morgan fingerprint density at radius 1 is 1.46 bits per heavy atom. The van der Waals surface area contributed by atoms with Crippen LogP contribution in [0.4, 0.5) is 0 Å². The summed E-state index contributed by atoms with van der Waals surface area (Å²) in [4.78, 5) is 0. The van der Waals surface area contributed by atoms with Crippen molar-refractivity contribution in [3.8, 4) is 0 Å². The van der Waals surface area contributed by atoms with Gasteiger partial charge in [0.2, 0.25) is 0 Å². The van der Waals surface area contributed by atoms with Gasteiger partial charge in [0.05, 0.1) is 5.60 Å². The molecule has 1 aliphatic heterocycles. The number of hydrogen-bond donors (Lipinski definition) is 3. The van der Waals surface area contributed by atoms with Crippen molar-refractivity contribution in [2.45, 2.75) is 38.2 Å². The van der Waals surface area contributed by atoms with Crippen molar-refractivity contribution in [2.24, 2.45) is 11.7 Å². The summed E-state index contributed by atoms with van der Waals surface area (Å²) in [5, 5.41) is 13.6. The molecule has 0 aliphatic carbocycles. The van der Waals surface area contributed by atoms with Gasteiger partial charge >= 0.3 is 0 Å². The Morgan fingerprint density at radius 2 is 2.08 bits per heavy atom. The van der Waals surface area contributed by atoms with Crippen molar-refractivity contribution in [3.05, 3.63) is 0 Å². The highest BCUT2D eigenvalue weighted by molar-refractivity contribution is 4.90. The minimum absolute atomic E-state index is 0.291. The van der Waals surface area contributed by atoms with Gasteiger partial charge in [0.25, 0.3) is 0 Å². The minimum Gasteiger partial charge on any atom is -0.389 e. The van der Waals surface area contributed by atoms with E-state index in [9.17, 15) is 5.11 Å². The summed E-state index contributed by atoms with van der Waals surface area (Å²) >= 11 is 0. The van der Waals surface area contributed by atoms with Gasteiger partial charge in [-0.05, 0) is 44.8 Å². The molecule has 1 saturated heterocycles. The molecule has 1 unspecified atom stereocenters. The molecule has 3 nitrogen and oxygen atoms in total. The summed E-state index contributed by atoms with van der Waals surface area (Å²) in [5.74, 6) is 0.291. The Morgan fingerprint density at radius 3 is 2.54 bits per heavy atom. The molecular formula is C10H22N2O. The quantitative estimate of drug-likeness (QED) is 0.598. The summed E-state index contributed by atoms with van der Waals surface area (Å²) < 4.78 is 0. The molecule has 13 heavy (non-hydrogen) atoms. The third-order valence-corrected chi connectivity index (χ3v) is 3.15. The lowest BCUT2D eigenvalue weighted by Crippen LogP contribution is -2.49. The van der Waals surface area contributed by atoms with Crippen LogP contribution >= 0.6 is 0 Å². The summed E-state index contributed by atoms with van der Waals surface area (Å²) in [6.07, 6.45) is 3.87. The highest BCUT2D eigenvalue weighted by atomic mass is 16.3. The first-order valence-corrected chi connectivity index (χ1v) is 5.36. The van der Waals surface area contributed by atoms with Crippen LogP contribution < -0.4 is 11.1 Å². The van der Waals surface area contributed by atoms with Gasteiger partial charge < -0.3 is 16.2 Å². The average molecular weight is 186 g/mol. The molecule has 1 heterocycles.